The molecule has 0 aliphatic heterocycles. The van der Waals surface area contributed by atoms with Crippen molar-refractivity contribution in [3.63, 3.8) is 0 Å². The highest BCUT2D eigenvalue weighted by Gasteiger charge is 2.08. The Morgan fingerprint density at radius 3 is 2.80 bits per heavy atom. The lowest BCUT2D eigenvalue weighted by molar-refractivity contribution is 0.478. The molecule has 3 N–H and O–H groups in total. The molecule has 0 saturated heterocycles. The highest BCUT2D eigenvalue weighted by molar-refractivity contribution is 7.11. The topological polar surface area (TPSA) is 50.9 Å². The first-order chi connectivity index (χ1) is 7.13. The summed E-state index contributed by atoms with van der Waals surface area (Å²) in [6.45, 7) is 8.21. The summed E-state index contributed by atoms with van der Waals surface area (Å²) in [5.41, 5.74) is 5.57. The van der Waals surface area contributed by atoms with E-state index < -0.39 is 0 Å². The van der Waals surface area contributed by atoms with E-state index in [9.17, 15) is 0 Å². The minimum absolute atomic E-state index is 0.355. The third-order valence-electron chi connectivity index (χ3n) is 2.50. The van der Waals surface area contributed by atoms with Crippen molar-refractivity contribution in [2.24, 2.45) is 11.7 Å². The van der Waals surface area contributed by atoms with E-state index >= 15 is 0 Å². The predicted molar refractivity (Wildman–Crippen MR) is 66.1 cm³/mol. The normalized spacial score (nSPS) is 15.2. The number of hydrogen-bond donors (Lipinski definition) is 2. The van der Waals surface area contributed by atoms with Gasteiger partial charge >= 0.3 is 0 Å². The molecular weight excluding hydrogens is 206 g/mol. The largest absolute Gasteiger partial charge is 0.330 e. The van der Waals surface area contributed by atoms with Gasteiger partial charge in [-0.05, 0) is 39.3 Å². The van der Waals surface area contributed by atoms with Crippen LogP contribution in [0, 0.1) is 12.8 Å². The summed E-state index contributed by atoms with van der Waals surface area (Å²) in [5, 5.41) is 4.64. The van der Waals surface area contributed by atoms with Gasteiger partial charge in [-0.2, -0.15) is 0 Å². The third-order valence-corrected chi connectivity index (χ3v) is 3.60. The Labute approximate surface area is 96.1 Å². The maximum atomic E-state index is 5.57. The molecule has 0 spiro atoms. The van der Waals surface area contributed by atoms with Crippen molar-refractivity contribution in [3.05, 3.63) is 16.1 Å². The van der Waals surface area contributed by atoms with Crippen LogP contribution in [0.15, 0.2) is 6.20 Å². The fraction of sp³-hybridized carbons (Fsp3) is 0.727. The third kappa shape index (κ3) is 4.28. The van der Waals surface area contributed by atoms with Gasteiger partial charge in [0.15, 0.2) is 0 Å². The maximum Gasteiger partial charge on any atom is 0.109 e. The monoisotopic (exact) mass is 227 g/mol. The fourth-order valence-corrected chi connectivity index (χ4v) is 2.12. The zero-order valence-corrected chi connectivity index (χ0v) is 10.6. The van der Waals surface area contributed by atoms with Gasteiger partial charge < -0.3 is 11.1 Å². The Hall–Kier alpha value is -0.450. The highest BCUT2D eigenvalue weighted by atomic mass is 32.1. The Morgan fingerprint density at radius 1 is 1.53 bits per heavy atom. The molecule has 86 valence electrons. The molecule has 0 aliphatic carbocycles. The van der Waals surface area contributed by atoms with Crippen molar-refractivity contribution in [2.45, 2.75) is 33.2 Å². The summed E-state index contributed by atoms with van der Waals surface area (Å²) < 4.78 is 0. The van der Waals surface area contributed by atoms with Gasteiger partial charge in [0.05, 0.1) is 6.04 Å². The summed E-state index contributed by atoms with van der Waals surface area (Å²) in [7, 11) is 0. The van der Waals surface area contributed by atoms with Gasteiger partial charge in [0.2, 0.25) is 0 Å². The van der Waals surface area contributed by atoms with Crippen LogP contribution in [0.4, 0.5) is 0 Å². The fourth-order valence-electron chi connectivity index (χ4n) is 1.32. The number of aryl methyl sites for hydroxylation is 1. The van der Waals surface area contributed by atoms with E-state index in [4.69, 9.17) is 5.73 Å². The van der Waals surface area contributed by atoms with E-state index in [0.29, 0.717) is 12.0 Å². The van der Waals surface area contributed by atoms with Crippen LogP contribution in [0.2, 0.25) is 0 Å². The zero-order valence-electron chi connectivity index (χ0n) is 9.79. The molecule has 0 amide bonds. The van der Waals surface area contributed by atoms with Crippen molar-refractivity contribution in [2.75, 3.05) is 13.1 Å². The first kappa shape index (κ1) is 12.6. The van der Waals surface area contributed by atoms with E-state index in [0.717, 1.165) is 19.5 Å². The molecule has 2 atom stereocenters. The number of nitrogens with one attached hydrogen (secondary N) is 1. The van der Waals surface area contributed by atoms with Crippen LogP contribution in [0.1, 0.15) is 36.2 Å². The number of aromatic nitrogens is 1. The van der Waals surface area contributed by atoms with Gasteiger partial charge in [0, 0.05) is 11.1 Å². The standard InChI is InChI=1S/C11H21N3S/c1-8(6-12)4-5-13-10(3)11-14-7-9(2)15-11/h7-8,10,13H,4-6,12H2,1-3H3. The number of nitrogens with zero attached hydrogens (tertiary/aromatic N) is 1. The van der Waals surface area contributed by atoms with Crippen LogP contribution in [-0.4, -0.2) is 18.1 Å². The average Bonchev–Trinajstić information content (AvgIpc) is 2.64. The Balaban J connectivity index is 2.27. The second kappa shape index (κ2) is 6.20. The molecule has 4 heteroatoms. The molecule has 0 radical (unpaired) electrons. The van der Waals surface area contributed by atoms with E-state index in [-0.39, 0.29) is 0 Å². The lowest BCUT2D eigenvalue weighted by atomic mass is 10.1. The number of thiazole rings is 1. The van der Waals surface area contributed by atoms with Crippen LogP contribution >= 0.6 is 11.3 Å². The molecule has 15 heavy (non-hydrogen) atoms. The molecule has 0 bridgehead atoms. The van der Waals surface area contributed by atoms with Crippen molar-refractivity contribution >= 4 is 11.3 Å². The van der Waals surface area contributed by atoms with Crippen molar-refractivity contribution in [1.29, 1.82) is 0 Å². The molecule has 0 saturated carbocycles. The lowest BCUT2D eigenvalue weighted by Gasteiger charge is -2.13. The summed E-state index contributed by atoms with van der Waals surface area (Å²) in [6.07, 6.45) is 3.06. The zero-order chi connectivity index (χ0) is 11.3. The van der Waals surface area contributed by atoms with Crippen LogP contribution < -0.4 is 11.1 Å². The molecule has 2 unspecified atom stereocenters. The molecule has 1 heterocycles. The number of hydrogen-bond acceptors (Lipinski definition) is 4. The van der Waals surface area contributed by atoms with Gasteiger partial charge in [-0.1, -0.05) is 6.92 Å². The smallest absolute Gasteiger partial charge is 0.109 e. The number of rotatable bonds is 6. The van der Waals surface area contributed by atoms with E-state index in [1.165, 1.54) is 9.88 Å². The van der Waals surface area contributed by atoms with Gasteiger partial charge in [-0.3, -0.25) is 0 Å². The Kier molecular flexibility index (Phi) is 5.22. The van der Waals surface area contributed by atoms with E-state index in [1.54, 1.807) is 11.3 Å². The summed E-state index contributed by atoms with van der Waals surface area (Å²) in [6, 6.07) is 0.355. The minimum atomic E-state index is 0.355. The van der Waals surface area contributed by atoms with Gasteiger partial charge in [0.1, 0.15) is 5.01 Å². The first-order valence-electron chi connectivity index (χ1n) is 5.49. The molecule has 0 fully saturated rings. The summed E-state index contributed by atoms with van der Waals surface area (Å²) in [4.78, 5) is 5.64. The molecule has 1 aromatic rings. The second-order valence-electron chi connectivity index (χ2n) is 4.11. The van der Waals surface area contributed by atoms with Gasteiger partial charge in [0.25, 0.3) is 0 Å². The van der Waals surface area contributed by atoms with Crippen LogP contribution in [-0.2, 0) is 0 Å². The quantitative estimate of drug-likeness (QED) is 0.782. The molecular formula is C11H21N3S. The van der Waals surface area contributed by atoms with E-state index in [1.807, 2.05) is 6.20 Å². The van der Waals surface area contributed by atoms with Crippen molar-refractivity contribution in [3.8, 4) is 0 Å². The second-order valence-corrected chi connectivity index (χ2v) is 5.38. The number of nitrogens with two attached hydrogens (primary N) is 1. The summed E-state index contributed by atoms with van der Waals surface area (Å²) in [5.74, 6) is 0.600. The Morgan fingerprint density at radius 2 is 2.27 bits per heavy atom. The SMILES string of the molecule is Cc1cnc(C(C)NCCC(C)CN)s1. The van der Waals surface area contributed by atoms with Gasteiger partial charge in [-0.25, -0.2) is 4.98 Å². The molecule has 3 nitrogen and oxygen atoms in total. The Bertz CT molecular complexity index is 285. The first-order valence-corrected chi connectivity index (χ1v) is 6.31. The molecule has 0 aromatic carbocycles. The minimum Gasteiger partial charge on any atom is -0.330 e. The van der Waals surface area contributed by atoms with Crippen LogP contribution in [0.5, 0.6) is 0 Å². The predicted octanol–water partition coefficient (Wildman–Crippen LogP) is 2.09. The van der Waals surface area contributed by atoms with Crippen LogP contribution in [0.3, 0.4) is 0 Å². The average molecular weight is 227 g/mol. The molecule has 1 rings (SSSR count). The van der Waals surface area contributed by atoms with Gasteiger partial charge in [-0.15, -0.1) is 11.3 Å². The highest BCUT2D eigenvalue weighted by Crippen LogP contribution is 2.18. The van der Waals surface area contributed by atoms with E-state index in [2.05, 4.69) is 31.1 Å². The lowest BCUT2D eigenvalue weighted by Crippen LogP contribution is -2.23. The van der Waals surface area contributed by atoms with Crippen molar-refractivity contribution in [1.82, 2.24) is 10.3 Å². The maximum absolute atomic E-state index is 5.57. The van der Waals surface area contributed by atoms with Crippen molar-refractivity contribution < 1.29 is 0 Å². The summed E-state index contributed by atoms with van der Waals surface area (Å²) >= 11 is 1.76. The van der Waals surface area contributed by atoms with Crippen LogP contribution in [0.25, 0.3) is 0 Å². The molecule has 0 aliphatic rings. The molecule has 1 aromatic heterocycles.